The summed E-state index contributed by atoms with van der Waals surface area (Å²) in [5.74, 6) is 0.0560. The minimum atomic E-state index is -3.10. The first-order chi connectivity index (χ1) is 10.9. The fourth-order valence-corrected chi connectivity index (χ4v) is 4.52. The van der Waals surface area contributed by atoms with Gasteiger partial charge in [-0.05, 0) is 37.6 Å². The maximum atomic E-state index is 12.9. The molecule has 122 valence electrons. The van der Waals surface area contributed by atoms with Crippen LogP contribution < -0.4 is 4.90 Å². The summed E-state index contributed by atoms with van der Waals surface area (Å²) in [5.41, 5.74) is 1.85. The van der Waals surface area contributed by atoms with E-state index in [0.717, 1.165) is 11.3 Å². The highest BCUT2D eigenvalue weighted by atomic mass is 32.2. The number of carbonyl (C=O) groups excluding carboxylic acids is 1. The van der Waals surface area contributed by atoms with Crippen molar-refractivity contribution in [2.75, 3.05) is 16.4 Å². The van der Waals surface area contributed by atoms with Gasteiger partial charge in [-0.1, -0.05) is 17.7 Å². The van der Waals surface area contributed by atoms with Gasteiger partial charge in [0.25, 0.3) is 0 Å². The van der Waals surface area contributed by atoms with E-state index in [1.165, 1.54) is 0 Å². The normalized spacial score (nSPS) is 19.6. The van der Waals surface area contributed by atoms with Gasteiger partial charge in [0.1, 0.15) is 5.76 Å². The molecule has 1 fully saturated rings. The Labute approximate surface area is 135 Å². The number of sulfone groups is 1. The van der Waals surface area contributed by atoms with Gasteiger partial charge >= 0.3 is 0 Å². The Morgan fingerprint density at radius 3 is 2.57 bits per heavy atom. The third-order valence-electron chi connectivity index (χ3n) is 4.09. The maximum absolute atomic E-state index is 12.9. The van der Waals surface area contributed by atoms with Crippen LogP contribution in [0.4, 0.5) is 5.69 Å². The van der Waals surface area contributed by atoms with Gasteiger partial charge in [-0.15, -0.1) is 0 Å². The first-order valence-corrected chi connectivity index (χ1v) is 9.37. The summed E-state index contributed by atoms with van der Waals surface area (Å²) in [6, 6.07) is 11.2. The summed E-state index contributed by atoms with van der Waals surface area (Å²) in [6.07, 6.45) is 1.95. The topological polar surface area (TPSA) is 67.6 Å². The largest absolute Gasteiger partial charge is 0.467 e. The summed E-state index contributed by atoms with van der Waals surface area (Å²) < 4.78 is 28.7. The Hall–Kier alpha value is -2.08. The van der Waals surface area contributed by atoms with Gasteiger partial charge < -0.3 is 9.32 Å². The first kappa shape index (κ1) is 15.8. The van der Waals surface area contributed by atoms with Crippen LogP contribution in [0.15, 0.2) is 47.1 Å². The lowest BCUT2D eigenvalue weighted by Gasteiger charge is -2.24. The van der Waals surface area contributed by atoms with Crippen LogP contribution >= 0.6 is 0 Å². The second-order valence-corrected chi connectivity index (χ2v) is 8.17. The lowest BCUT2D eigenvalue weighted by molar-refractivity contribution is -0.121. The van der Waals surface area contributed by atoms with E-state index in [0.29, 0.717) is 18.7 Å². The third-order valence-corrected chi connectivity index (χ3v) is 5.86. The lowest BCUT2D eigenvalue weighted by atomic mass is 10.1. The molecule has 0 radical (unpaired) electrons. The van der Waals surface area contributed by atoms with Crippen molar-refractivity contribution < 1.29 is 17.6 Å². The number of amides is 1. The van der Waals surface area contributed by atoms with E-state index in [4.69, 9.17) is 4.42 Å². The fourth-order valence-electron chi connectivity index (χ4n) is 2.79. The van der Waals surface area contributed by atoms with Gasteiger partial charge in [0, 0.05) is 5.69 Å². The number of hydrogen-bond acceptors (Lipinski definition) is 4. The van der Waals surface area contributed by atoms with Crippen molar-refractivity contribution in [2.45, 2.75) is 19.9 Å². The van der Waals surface area contributed by atoms with Gasteiger partial charge in [0.15, 0.2) is 9.84 Å². The van der Waals surface area contributed by atoms with Gasteiger partial charge in [-0.2, -0.15) is 0 Å². The van der Waals surface area contributed by atoms with Crippen LogP contribution in [0.5, 0.6) is 0 Å². The molecule has 0 saturated carbocycles. The van der Waals surface area contributed by atoms with Crippen molar-refractivity contribution in [3.8, 4) is 0 Å². The van der Waals surface area contributed by atoms with Crippen molar-refractivity contribution in [1.29, 1.82) is 0 Å². The fraction of sp³-hybridized carbons (Fsp3) is 0.353. The van der Waals surface area contributed by atoms with E-state index >= 15 is 0 Å². The molecule has 5 nitrogen and oxygen atoms in total. The molecule has 1 aromatic carbocycles. The summed E-state index contributed by atoms with van der Waals surface area (Å²) in [6.45, 7) is 2.28. The van der Waals surface area contributed by atoms with Crippen molar-refractivity contribution in [3.05, 3.63) is 54.0 Å². The van der Waals surface area contributed by atoms with Gasteiger partial charge in [-0.3, -0.25) is 4.79 Å². The SMILES string of the molecule is Cc1ccc(N(Cc2ccco2)C(=O)[C@@H]2CCS(=O)(=O)C2)cc1. The Morgan fingerprint density at radius 1 is 1.26 bits per heavy atom. The van der Waals surface area contributed by atoms with Crippen LogP contribution in [-0.2, 0) is 21.2 Å². The van der Waals surface area contributed by atoms with E-state index in [1.54, 1.807) is 23.3 Å². The molecule has 3 rings (SSSR count). The Bertz CT molecular complexity index is 779. The molecule has 1 aromatic heterocycles. The molecule has 1 aliphatic heterocycles. The predicted molar refractivity (Wildman–Crippen MR) is 87.8 cm³/mol. The predicted octanol–water partition coefficient (Wildman–Crippen LogP) is 2.56. The second-order valence-electron chi connectivity index (χ2n) is 5.94. The Kier molecular flexibility index (Phi) is 4.26. The molecule has 0 spiro atoms. The minimum absolute atomic E-state index is 0.0631. The van der Waals surface area contributed by atoms with Crippen molar-refractivity contribution in [2.24, 2.45) is 5.92 Å². The number of aryl methyl sites for hydroxylation is 1. The van der Waals surface area contributed by atoms with Crippen LogP contribution in [0, 0.1) is 12.8 Å². The van der Waals surface area contributed by atoms with E-state index in [9.17, 15) is 13.2 Å². The molecule has 1 aliphatic rings. The molecule has 1 atom stereocenters. The standard InChI is InChI=1S/C17H19NO4S/c1-13-4-6-15(7-5-13)18(11-16-3-2-9-22-16)17(19)14-8-10-23(20,21)12-14/h2-7,9,14H,8,10-12H2,1H3/t14-/m1/s1. The van der Waals surface area contributed by atoms with E-state index in [2.05, 4.69) is 0 Å². The van der Waals surface area contributed by atoms with Crippen molar-refractivity contribution in [1.82, 2.24) is 0 Å². The summed E-state index contributed by atoms with van der Waals surface area (Å²) in [5, 5.41) is 0. The molecule has 0 bridgehead atoms. The van der Waals surface area contributed by atoms with Gasteiger partial charge in [0.2, 0.25) is 5.91 Å². The first-order valence-electron chi connectivity index (χ1n) is 7.55. The molecule has 0 aliphatic carbocycles. The van der Waals surface area contributed by atoms with Crippen LogP contribution in [0.2, 0.25) is 0 Å². The average molecular weight is 333 g/mol. The molecular weight excluding hydrogens is 314 g/mol. The highest BCUT2D eigenvalue weighted by Gasteiger charge is 2.36. The van der Waals surface area contributed by atoms with Crippen LogP contribution in [0.25, 0.3) is 0 Å². The molecule has 1 saturated heterocycles. The number of hydrogen-bond donors (Lipinski definition) is 0. The van der Waals surface area contributed by atoms with Crippen LogP contribution in [0.1, 0.15) is 17.7 Å². The monoisotopic (exact) mass is 333 g/mol. The smallest absolute Gasteiger partial charge is 0.231 e. The Balaban J connectivity index is 1.88. The van der Waals surface area contributed by atoms with Gasteiger partial charge in [-0.25, -0.2) is 8.42 Å². The number of benzene rings is 1. The van der Waals surface area contributed by atoms with E-state index < -0.39 is 15.8 Å². The minimum Gasteiger partial charge on any atom is -0.467 e. The molecular formula is C17H19NO4S. The second kappa shape index (κ2) is 6.20. The number of carbonyl (C=O) groups is 1. The highest BCUT2D eigenvalue weighted by molar-refractivity contribution is 7.91. The van der Waals surface area contributed by atoms with Crippen molar-refractivity contribution >= 4 is 21.4 Å². The molecule has 6 heteroatoms. The van der Waals surface area contributed by atoms with Crippen molar-refractivity contribution in [3.63, 3.8) is 0 Å². The zero-order chi connectivity index (χ0) is 16.4. The quantitative estimate of drug-likeness (QED) is 0.862. The molecule has 23 heavy (non-hydrogen) atoms. The zero-order valence-corrected chi connectivity index (χ0v) is 13.8. The van der Waals surface area contributed by atoms with Gasteiger partial charge in [0.05, 0.1) is 30.2 Å². The molecule has 2 aromatic rings. The summed E-state index contributed by atoms with van der Waals surface area (Å²) >= 11 is 0. The van der Waals surface area contributed by atoms with E-state index in [1.807, 2.05) is 31.2 Å². The Morgan fingerprint density at radius 2 is 2.00 bits per heavy atom. The highest BCUT2D eigenvalue weighted by Crippen LogP contribution is 2.26. The van der Waals surface area contributed by atoms with Crippen LogP contribution in [-0.4, -0.2) is 25.8 Å². The number of rotatable bonds is 4. The number of nitrogens with zero attached hydrogens (tertiary/aromatic N) is 1. The molecule has 1 amide bonds. The van der Waals surface area contributed by atoms with E-state index in [-0.39, 0.29) is 17.4 Å². The molecule has 0 unspecified atom stereocenters. The summed E-state index contributed by atoms with van der Waals surface area (Å²) in [7, 11) is -3.10. The lowest BCUT2D eigenvalue weighted by Crippen LogP contribution is -2.36. The number of furan rings is 1. The zero-order valence-electron chi connectivity index (χ0n) is 12.9. The maximum Gasteiger partial charge on any atom is 0.231 e. The summed E-state index contributed by atoms with van der Waals surface area (Å²) in [4.78, 5) is 14.5. The third kappa shape index (κ3) is 3.64. The molecule has 0 N–H and O–H groups in total. The number of anilines is 1. The average Bonchev–Trinajstić information content (AvgIpc) is 3.14. The van der Waals surface area contributed by atoms with Crippen LogP contribution in [0.3, 0.4) is 0 Å². The molecule has 2 heterocycles.